The van der Waals surface area contributed by atoms with Crippen LogP contribution in [0.25, 0.3) is 0 Å². The second-order valence-electron chi connectivity index (χ2n) is 4.37. The van der Waals surface area contributed by atoms with Crippen LogP contribution in [0.2, 0.25) is 5.02 Å². The maximum absolute atomic E-state index is 12.4. The standard InChI is InChI=1S/C14H14BrClN2OS/c1-3-13-17-10(8-20-13)7-18(2)14(19)11-6-9(15)4-5-12(11)16/h4-6,8H,3,7H2,1-2H3. The van der Waals surface area contributed by atoms with Gasteiger partial charge >= 0.3 is 0 Å². The molecule has 6 heteroatoms. The minimum absolute atomic E-state index is 0.109. The zero-order chi connectivity index (χ0) is 14.7. The second-order valence-corrected chi connectivity index (χ2v) is 6.64. The summed E-state index contributed by atoms with van der Waals surface area (Å²) in [6, 6.07) is 5.26. The second kappa shape index (κ2) is 6.70. The molecule has 2 rings (SSSR count). The molecule has 0 unspecified atom stereocenters. The highest BCUT2D eigenvalue weighted by molar-refractivity contribution is 9.10. The lowest BCUT2D eigenvalue weighted by Gasteiger charge is -2.17. The Hall–Kier alpha value is -0.910. The Balaban J connectivity index is 2.14. The Labute approximate surface area is 135 Å². The highest BCUT2D eigenvalue weighted by Gasteiger charge is 2.16. The van der Waals surface area contributed by atoms with Crippen LogP contribution in [-0.4, -0.2) is 22.8 Å². The summed E-state index contributed by atoms with van der Waals surface area (Å²) in [6.45, 7) is 2.55. The van der Waals surface area contributed by atoms with E-state index >= 15 is 0 Å². The van der Waals surface area contributed by atoms with Crippen molar-refractivity contribution in [3.63, 3.8) is 0 Å². The number of benzene rings is 1. The number of halogens is 2. The van der Waals surface area contributed by atoms with Crippen molar-refractivity contribution in [2.24, 2.45) is 0 Å². The molecule has 1 aromatic carbocycles. The molecule has 0 atom stereocenters. The number of hydrogen-bond donors (Lipinski definition) is 0. The van der Waals surface area contributed by atoms with Crippen molar-refractivity contribution < 1.29 is 4.79 Å². The van der Waals surface area contributed by atoms with E-state index in [4.69, 9.17) is 11.6 Å². The van der Waals surface area contributed by atoms with Crippen molar-refractivity contribution in [3.8, 4) is 0 Å². The maximum Gasteiger partial charge on any atom is 0.255 e. The first-order valence-corrected chi connectivity index (χ1v) is 8.20. The lowest BCUT2D eigenvalue weighted by atomic mass is 10.2. The van der Waals surface area contributed by atoms with E-state index < -0.39 is 0 Å². The van der Waals surface area contributed by atoms with Gasteiger partial charge in [0, 0.05) is 16.9 Å². The highest BCUT2D eigenvalue weighted by atomic mass is 79.9. The lowest BCUT2D eigenvalue weighted by molar-refractivity contribution is 0.0783. The summed E-state index contributed by atoms with van der Waals surface area (Å²) in [5, 5.41) is 3.53. The number of carbonyl (C=O) groups excluding carboxylic acids is 1. The van der Waals surface area contributed by atoms with Crippen LogP contribution in [0.4, 0.5) is 0 Å². The Morgan fingerprint density at radius 2 is 2.25 bits per heavy atom. The third-order valence-corrected chi connectivity index (χ3v) is 4.67. The molecule has 0 radical (unpaired) electrons. The number of carbonyl (C=O) groups is 1. The van der Waals surface area contributed by atoms with E-state index in [0.717, 1.165) is 21.6 Å². The summed E-state index contributed by atoms with van der Waals surface area (Å²) >= 11 is 11.1. The number of amides is 1. The van der Waals surface area contributed by atoms with Crippen molar-refractivity contribution in [2.45, 2.75) is 19.9 Å². The quantitative estimate of drug-likeness (QED) is 0.796. The average Bonchev–Trinajstić information content (AvgIpc) is 2.88. The van der Waals surface area contributed by atoms with Gasteiger partial charge in [0.1, 0.15) is 0 Å². The fourth-order valence-electron chi connectivity index (χ4n) is 1.77. The Morgan fingerprint density at radius 3 is 2.90 bits per heavy atom. The molecule has 2 aromatic rings. The van der Waals surface area contributed by atoms with Crippen LogP contribution in [0.5, 0.6) is 0 Å². The van der Waals surface area contributed by atoms with Crippen molar-refractivity contribution in [1.29, 1.82) is 0 Å². The predicted molar refractivity (Wildman–Crippen MR) is 86.4 cm³/mol. The molecule has 0 saturated carbocycles. The van der Waals surface area contributed by atoms with Crippen LogP contribution < -0.4 is 0 Å². The first-order valence-electron chi connectivity index (χ1n) is 6.15. The molecule has 0 aliphatic carbocycles. The molecule has 20 heavy (non-hydrogen) atoms. The summed E-state index contributed by atoms with van der Waals surface area (Å²) in [4.78, 5) is 18.5. The van der Waals surface area contributed by atoms with Crippen LogP contribution in [0.3, 0.4) is 0 Å². The molecule has 0 N–H and O–H groups in total. The molecule has 0 saturated heterocycles. The average molecular weight is 374 g/mol. The van der Waals surface area contributed by atoms with Gasteiger partial charge in [0.25, 0.3) is 5.91 Å². The summed E-state index contributed by atoms with van der Waals surface area (Å²) in [6.07, 6.45) is 0.916. The van der Waals surface area contributed by atoms with E-state index in [1.165, 1.54) is 0 Å². The summed E-state index contributed by atoms with van der Waals surface area (Å²) in [5.74, 6) is -0.109. The van der Waals surface area contributed by atoms with Gasteiger partial charge in [-0.05, 0) is 24.6 Å². The molecule has 3 nitrogen and oxygen atoms in total. The fourth-order valence-corrected chi connectivity index (χ4v) is 3.06. The molecule has 0 aliphatic rings. The van der Waals surface area contributed by atoms with Crippen LogP contribution in [0.1, 0.15) is 28.0 Å². The number of rotatable bonds is 4. The van der Waals surface area contributed by atoms with Crippen LogP contribution in [0, 0.1) is 0 Å². The van der Waals surface area contributed by atoms with Gasteiger partial charge < -0.3 is 4.90 Å². The van der Waals surface area contributed by atoms with E-state index in [-0.39, 0.29) is 5.91 Å². The topological polar surface area (TPSA) is 33.2 Å². The fraction of sp³-hybridized carbons (Fsp3) is 0.286. The zero-order valence-electron chi connectivity index (χ0n) is 11.2. The first kappa shape index (κ1) is 15.5. The third-order valence-electron chi connectivity index (χ3n) is 2.81. The van der Waals surface area contributed by atoms with E-state index in [0.29, 0.717) is 17.1 Å². The smallest absolute Gasteiger partial charge is 0.255 e. The molecule has 0 spiro atoms. The van der Waals surface area contributed by atoms with E-state index in [2.05, 4.69) is 27.8 Å². The van der Waals surface area contributed by atoms with Crippen LogP contribution in [-0.2, 0) is 13.0 Å². The molecular formula is C14H14BrClN2OS. The number of thiazole rings is 1. The van der Waals surface area contributed by atoms with Gasteiger partial charge in [0.15, 0.2) is 0 Å². The Bertz CT molecular complexity index is 629. The van der Waals surface area contributed by atoms with Crippen LogP contribution >= 0.6 is 38.9 Å². The van der Waals surface area contributed by atoms with Crippen molar-refractivity contribution in [1.82, 2.24) is 9.88 Å². The molecule has 1 amide bonds. The summed E-state index contributed by atoms with van der Waals surface area (Å²) < 4.78 is 0.834. The minimum Gasteiger partial charge on any atom is -0.336 e. The maximum atomic E-state index is 12.4. The van der Waals surface area contributed by atoms with E-state index in [1.54, 1.807) is 35.4 Å². The van der Waals surface area contributed by atoms with Gasteiger partial charge in [-0.25, -0.2) is 4.98 Å². The predicted octanol–water partition coefficient (Wildman–Crippen LogP) is 4.39. The van der Waals surface area contributed by atoms with Crippen molar-refractivity contribution >= 4 is 44.8 Å². The molecular weight excluding hydrogens is 360 g/mol. The largest absolute Gasteiger partial charge is 0.336 e. The van der Waals surface area contributed by atoms with Gasteiger partial charge in [-0.2, -0.15) is 0 Å². The van der Waals surface area contributed by atoms with E-state index in [9.17, 15) is 4.79 Å². The molecule has 0 fully saturated rings. The van der Waals surface area contributed by atoms with Gasteiger partial charge in [-0.15, -0.1) is 11.3 Å². The monoisotopic (exact) mass is 372 g/mol. The van der Waals surface area contributed by atoms with Crippen LogP contribution in [0.15, 0.2) is 28.1 Å². The number of nitrogens with zero attached hydrogens (tertiary/aromatic N) is 2. The van der Waals surface area contributed by atoms with Crippen molar-refractivity contribution in [2.75, 3.05) is 7.05 Å². The van der Waals surface area contributed by atoms with Crippen molar-refractivity contribution in [3.05, 3.63) is 49.3 Å². The van der Waals surface area contributed by atoms with Gasteiger partial charge in [0.2, 0.25) is 0 Å². The number of hydrogen-bond acceptors (Lipinski definition) is 3. The molecule has 0 bridgehead atoms. The SMILES string of the molecule is CCc1nc(CN(C)C(=O)c2cc(Br)ccc2Cl)cs1. The molecule has 1 aromatic heterocycles. The number of aryl methyl sites for hydroxylation is 1. The number of aromatic nitrogens is 1. The third kappa shape index (κ3) is 3.59. The summed E-state index contributed by atoms with van der Waals surface area (Å²) in [5.41, 5.74) is 1.41. The zero-order valence-corrected chi connectivity index (χ0v) is 14.3. The lowest BCUT2D eigenvalue weighted by Crippen LogP contribution is -2.26. The highest BCUT2D eigenvalue weighted by Crippen LogP contribution is 2.23. The van der Waals surface area contributed by atoms with Gasteiger partial charge in [-0.1, -0.05) is 34.5 Å². The summed E-state index contributed by atoms with van der Waals surface area (Å²) in [7, 11) is 1.75. The minimum atomic E-state index is -0.109. The Kier molecular flexibility index (Phi) is 5.18. The van der Waals surface area contributed by atoms with E-state index in [1.807, 2.05) is 11.4 Å². The molecule has 106 valence electrons. The first-order chi connectivity index (χ1) is 9.51. The normalized spacial score (nSPS) is 10.6. The van der Waals surface area contributed by atoms with Gasteiger partial charge in [0.05, 0.1) is 27.8 Å². The molecule has 1 heterocycles. The Morgan fingerprint density at radius 1 is 1.50 bits per heavy atom. The van der Waals surface area contributed by atoms with Gasteiger partial charge in [-0.3, -0.25) is 4.79 Å². The molecule has 0 aliphatic heterocycles.